The molecule has 9 heteroatoms. The number of aromatic nitrogens is 4. The number of tetrazole rings is 1. The summed E-state index contributed by atoms with van der Waals surface area (Å²) in [6, 6.07) is 12.3. The molecule has 2 atom stereocenters. The molecule has 1 aliphatic heterocycles. The van der Waals surface area contributed by atoms with Crippen LogP contribution in [0.15, 0.2) is 42.5 Å². The SMILES string of the molecule is CCCCCc1ccc(C(=O)C2Oc3cc(Cl)ccc3OC2(N)c2nn[nH]n2)cc1. The molecule has 0 spiro atoms. The number of Topliss-reactive ketones (excluding diaryl/α,β-unsaturated/α-hetero) is 1. The topological polar surface area (TPSA) is 116 Å². The van der Waals surface area contributed by atoms with Crippen molar-refractivity contribution in [1.82, 2.24) is 20.6 Å². The van der Waals surface area contributed by atoms with E-state index < -0.39 is 11.8 Å². The fourth-order valence-electron chi connectivity index (χ4n) is 3.41. The van der Waals surface area contributed by atoms with Gasteiger partial charge in [-0.1, -0.05) is 55.6 Å². The van der Waals surface area contributed by atoms with Gasteiger partial charge in [0.05, 0.1) is 0 Å². The molecular weight excluding hydrogens is 406 g/mol. The molecular formula is C21H22ClN5O3. The normalized spacial score (nSPS) is 20.2. The summed E-state index contributed by atoms with van der Waals surface area (Å²) in [4.78, 5) is 13.4. The summed E-state index contributed by atoms with van der Waals surface area (Å²) in [7, 11) is 0. The van der Waals surface area contributed by atoms with Crippen molar-refractivity contribution in [3.8, 4) is 11.5 Å². The van der Waals surface area contributed by atoms with Crippen LogP contribution < -0.4 is 15.2 Å². The first-order valence-corrected chi connectivity index (χ1v) is 10.2. The van der Waals surface area contributed by atoms with E-state index in [2.05, 4.69) is 27.5 Å². The quantitative estimate of drug-likeness (QED) is 0.438. The largest absolute Gasteiger partial charge is 0.472 e. The Labute approximate surface area is 178 Å². The number of rotatable bonds is 7. The zero-order valence-corrected chi connectivity index (χ0v) is 17.2. The summed E-state index contributed by atoms with van der Waals surface area (Å²) < 4.78 is 11.9. The smallest absolute Gasteiger partial charge is 0.267 e. The van der Waals surface area contributed by atoms with E-state index in [0.717, 1.165) is 19.3 Å². The van der Waals surface area contributed by atoms with Gasteiger partial charge in [0, 0.05) is 16.7 Å². The number of nitrogens with two attached hydrogens (primary N) is 1. The summed E-state index contributed by atoms with van der Waals surface area (Å²) in [5.41, 5.74) is 6.35. The average molecular weight is 428 g/mol. The molecule has 2 unspecified atom stereocenters. The summed E-state index contributed by atoms with van der Waals surface area (Å²) in [6.45, 7) is 2.17. The third kappa shape index (κ3) is 3.88. The first-order chi connectivity index (χ1) is 14.5. The van der Waals surface area contributed by atoms with Gasteiger partial charge in [-0.2, -0.15) is 5.21 Å². The fraction of sp³-hybridized carbons (Fsp3) is 0.333. The molecule has 0 saturated carbocycles. The molecule has 30 heavy (non-hydrogen) atoms. The van der Waals surface area contributed by atoms with Crippen LogP contribution in [-0.2, 0) is 12.1 Å². The van der Waals surface area contributed by atoms with Crippen LogP contribution in [0.5, 0.6) is 11.5 Å². The molecule has 0 bridgehead atoms. The molecule has 2 aromatic carbocycles. The number of fused-ring (bicyclic) bond motifs is 1. The Hall–Kier alpha value is -2.97. The molecule has 1 aliphatic rings. The van der Waals surface area contributed by atoms with Gasteiger partial charge >= 0.3 is 0 Å². The van der Waals surface area contributed by atoms with E-state index in [1.165, 1.54) is 12.0 Å². The van der Waals surface area contributed by atoms with E-state index in [9.17, 15) is 4.79 Å². The number of benzene rings is 2. The number of carbonyl (C=O) groups is 1. The van der Waals surface area contributed by atoms with Crippen molar-refractivity contribution >= 4 is 17.4 Å². The summed E-state index contributed by atoms with van der Waals surface area (Å²) in [5.74, 6) is 0.314. The maximum Gasteiger partial charge on any atom is 0.267 e. The number of nitrogens with one attached hydrogen (secondary N) is 1. The molecule has 3 N–H and O–H groups in total. The third-order valence-corrected chi connectivity index (χ3v) is 5.29. The second kappa shape index (κ2) is 8.41. The van der Waals surface area contributed by atoms with E-state index in [4.69, 9.17) is 26.8 Å². The Morgan fingerprint density at radius 3 is 2.70 bits per heavy atom. The van der Waals surface area contributed by atoms with Crippen molar-refractivity contribution in [2.75, 3.05) is 0 Å². The molecule has 0 saturated heterocycles. The molecule has 0 radical (unpaired) electrons. The van der Waals surface area contributed by atoms with Gasteiger partial charge in [0.15, 0.2) is 11.5 Å². The molecule has 3 aromatic rings. The van der Waals surface area contributed by atoms with E-state index >= 15 is 0 Å². The Morgan fingerprint density at radius 1 is 1.20 bits per heavy atom. The number of carbonyl (C=O) groups excluding carboxylic acids is 1. The summed E-state index contributed by atoms with van der Waals surface area (Å²) in [5, 5.41) is 14.2. The Balaban J connectivity index is 1.65. The van der Waals surface area contributed by atoms with E-state index in [1.807, 2.05) is 12.1 Å². The maximum absolute atomic E-state index is 13.4. The highest BCUT2D eigenvalue weighted by atomic mass is 35.5. The lowest BCUT2D eigenvalue weighted by atomic mass is 9.94. The van der Waals surface area contributed by atoms with Crippen molar-refractivity contribution in [2.24, 2.45) is 5.73 Å². The predicted molar refractivity (Wildman–Crippen MR) is 111 cm³/mol. The Bertz CT molecular complexity index is 1030. The average Bonchev–Trinajstić information content (AvgIpc) is 3.30. The van der Waals surface area contributed by atoms with Gasteiger partial charge in [0.2, 0.25) is 17.7 Å². The molecule has 0 fully saturated rings. The fourth-order valence-corrected chi connectivity index (χ4v) is 3.58. The Morgan fingerprint density at radius 2 is 2.00 bits per heavy atom. The van der Waals surface area contributed by atoms with Crippen LogP contribution in [0.3, 0.4) is 0 Å². The molecule has 0 amide bonds. The first-order valence-electron chi connectivity index (χ1n) is 9.82. The number of ketones is 1. The predicted octanol–water partition coefficient (Wildman–Crippen LogP) is 3.42. The number of halogens is 1. The lowest BCUT2D eigenvalue weighted by Crippen LogP contribution is -2.61. The number of aromatic amines is 1. The highest BCUT2D eigenvalue weighted by molar-refractivity contribution is 6.30. The lowest BCUT2D eigenvalue weighted by Gasteiger charge is -2.38. The van der Waals surface area contributed by atoms with Crippen LogP contribution in [0.25, 0.3) is 0 Å². The van der Waals surface area contributed by atoms with Gasteiger partial charge in [-0.15, -0.1) is 10.2 Å². The monoisotopic (exact) mass is 427 g/mol. The van der Waals surface area contributed by atoms with Crippen molar-refractivity contribution in [3.05, 3.63) is 64.4 Å². The van der Waals surface area contributed by atoms with E-state index in [-0.39, 0.29) is 11.6 Å². The molecule has 4 rings (SSSR count). The standard InChI is InChI=1S/C21H22ClN5O3/c1-2-3-4-5-13-6-8-14(9-7-13)18(28)19-21(23,20-24-26-27-25-20)30-16-11-10-15(22)12-17(16)29-19/h6-12,19H,2-5,23H2,1H3,(H,24,25,26,27). The summed E-state index contributed by atoms with van der Waals surface area (Å²) >= 11 is 6.07. The van der Waals surface area contributed by atoms with Crippen LogP contribution in [0, 0.1) is 0 Å². The van der Waals surface area contributed by atoms with Gasteiger partial charge in [-0.3, -0.25) is 10.5 Å². The van der Waals surface area contributed by atoms with Crippen molar-refractivity contribution in [3.63, 3.8) is 0 Å². The van der Waals surface area contributed by atoms with Gasteiger partial charge in [0.1, 0.15) is 0 Å². The first kappa shape index (κ1) is 20.3. The zero-order chi connectivity index (χ0) is 21.1. The second-order valence-electron chi connectivity index (χ2n) is 7.24. The summed E-state index contributed by atoms with van der Waals surface area (Å²) in [6.07, 6.45) is 3.20. The van der Waals surface area contributed by atoms with Crippen LogP contribution >= 0.6 is 11.6 Å². The van der Waals surface area contributed by atoms with Crippen LogP contribution in [-0.4, -0.2) is 32.5 Å². The molecule has 1 aromatic heterocycles. The van der Waals surface area contributed by atoms with Gasteiger partial charge in [0.25, 0.3) is 5.72 Å². The van der Waals surface area contributed by atoms with Gasteiger partial charge in [-0.05, 0) is 35.8 Å². The molecule has 0 aliphatic carbocycles. The Kier molecular flexibility index (Phi) is 5.69. The number of ether oxygens (including phenoxy) is 2. The van der Waals surface area contributed by atoms with Crippen molar-refractivity contribution in [2.45, 2.75) is 44.4 Å². The number of aryl methyl sites for hydroxylation is 1. The van der Waals surface area contributed by atoms with Crippen LogP contribution in [0.1, 0.15) is 47.9 Å². The number of H-pyrrole nitrogens is 1. The highest BCUT2D eigenvalue weighted by Crippen LogP contribution is 2.41. The third-order valence-electron chi connectivity index (χ3n) is 5.06. The molecule has 2 heterocycles. The minimum Gasteiger partial charge on any atom is -0.472 e. The second-order valence-corrected chi connectivity index (χ2v) is 7.67. The minimum atomic E-state index is -1.76. The minimum absolute atomic E-state index is 0.0117. The van der Waals surface area contributed by atoms with Gasteiger partial charge in [-0.25, -0.2) is 0 Å². The molecule has 156 valence electrons. The number of hydrogen-bond acceptors (Lipinski definition) is 7. The number of nitrogens with zero attached hydrogens (tertiary/aromatic N) is 3. The van der Waals surface area contributed by atoms with Gasteiger partial charge < -0.3 is 9.47 Å². The zero-order valence-electron chi connectivity index (χ0n) is 16.5. The van der Waals surface area contributed by atoms with Crippen molar-refractivity contribution in [1.29, 1.82) is 0 Å². The highest BCUT2D eigenvalue weighted by Gasteiger charge is 2.52. The number of unbranched alkanes of at least 4 members (excludes halogenated alkanes) is 2. The van der Waals surface area contributed by atoms with Crippen LogP contribution in [0.4, 0.5) is 0 Å². The van der Waals surface area contributed by atoms with Crippen molar-refractivity contribution < 1.29 is 14.3 Å². The molecule has 8 nitrogen and oxygen atoms in total. The van der Waals surface area contributed by atoms with E-state index in [0.29, 0.717) is 22.1 Å². The lowest BCUT2D eigenvalue weighted by molar-refractivity contribution is -0.0583. The van der Waals surface area contributed by atoms with E-state index in [1.54, 1.807) is 30.3 Å². The van der Waals surface area contributed by atoms with Crippen LogP contribution in [0.2, 0.25) is 5.02 Å². The maximum atomic E-state index is 13.4. The number of hydrogen-bond donors (Lipinski definition) is 2.